The van der Waals surface area contributed by atoms with Gasteiger partial charge in [0.25, 0.3) is 5.91 Å². The van der Waals surface area contributed by atoms with E-state index in [4.69, 9.17) is 4.74 Å². The molecule has 2 aromatic carbocycles. The quantitative estimate of drug-likeness (QED) is 0.588. The highest BCUT2D eigenvalue weighted by molar-refractivity contribution is 5.98. The maximum absolute atomic E-state index is 13.2. The number of hydrogen-bond donors (Lipinski definition) is 0. The molecule has 1 aromatic heterocycles. The number of aromatic nitrogens is 2. The third kappa shape index (κ3) is 4.90. The molecule has 7 nitrogen and oxygen atoms in total. The molecule has 0 fully saturated rings. The van der Waals surface area contributed by atoms with Gasteiger partial charge in [-0.3, -0.25) is 4.79 Å². The lowest BCUT2D eigenvalue weighted by atomic mass is 10.1. The Morgan fingerprint density at radius 2 is 1.78 bits per heavy atom. The van der Waals surface area contributed by atoms with Gasteiger partial charge in [0.2, 0.25) is 0 Å². The third-order valence-electron chi connectivity index (χ3n) is 4.90. The average molecular weight is 444 g/mol. The number of nitrogens with zero attached hydrogens (tertiary/aromatic N) is 4. The number of halogens is 3. The predicted molar refractivity (Wildman–Crippen MR) is 110 cm³/mol. The van der Waals surface area contributed by atoms with Crippen LogP contribution in [-0.4, -0.2) is 47.3 Å². The summed E-state index contributed by atoms with van der Waals surface area (Å²) in [5.74, 6) is 0.476. The van der Waals surface area contributed by atoms with Gasteiger partial charge in [0.1, 0.15) is 23.9 Å². The lowest BCUT2D eigenvalue weighted by molar-refractivity contribution is -0.274. The van der Waals surface area contributed by atoms with E-state index in [1.807, 2.05) is 0 Å². The number of alkyl halides is 3. The highest BCUT2D eigenvalue weighted by atomic mass is 19.4. The van der Waals surface area contributed by atoms with Crippen LogP contribution >= 0.6 is 0 Å². The van der Waals surface area contributed by atoms with Crippen LogP contribution in [0.5, 0.6) is 11.5 Å². The molecule has 0 radical (unpaired) electrons. The van der Waals surface area contributed by atoms with Crippen LogP contribution in [0.4, 0.5) is 24.5 Å². The first-order valence-electron chi connectivity index (χ1n) is 9.72. The smallest absolute Gasteiger partial charge is 0.491 e. The van der Waals surface area contributed by atoms with Crippen LogP contribution in [0.3, 0.4) is 0 Å². The molecule has 0 aliphatic carbocycles. The number of carbonyl (C=O) groups excluding carboxylic acids is 1. The molecule has 0 spiro atoms. The lowest BCUT2D eigenvalue weighted by Gasteiger charge is -2.22. The fraction of sp³-hybridized carbons (Fsp3) is 0.227. The van der Waals surface area contributed by atoms with Crippen molar-refractivity contribution in [3.8, 4) is 11.5 Å². The van der Waals surface area contributed by atoms with E-state index < -0.39 is 6.36 Å². The highest BCUT2D eigenvalue weighted by Crippen LogP contribution is 2.32. The molecule has 32 heavy (non-hydrogen) atoms. The second-order valence-corrected chi connectivity index (χ2v) is 7.02. The fourth-order valence-electron chi connectivity index (χ4n) is 3.31. The minimum Gasteiger partial charge on any atom is -0.491 e. The predicted octanol–water partition coefficient (Wildman–Crippen LogP) is 4.18. The largest absolute Gasteiger partial charge is 0.573 e. The van der Waals surface area contributed by atoms with Crippen molar-refractivity contribution < 1.29 is 27.4 Å². The van der Waals surface area contributed by atoms with Crippen molar-refractivity contribution in [2.24, 2.45) is 0 Å². The molecule has 0 saturated heterocycles. The van der Waals surface area contributed by atoms with Gasteiger partial charge in [-0.15, -0.1) is 13.2 Å². The van der Waals surface area contributed by atoms with Crippen LogP contribution in [-0.2, 0) is 6.54 Å². The Kier molecular flexibility index (Phi) is 5.85. The van der Waals surface area contributed by atoms with E-state index in [1.165, 1.54) is 24.3 Å². The molecule has 4 rings (SSSR count). The molecule has 3 aromatic rings. The molecule has 1 aliphatic rings. The van der Waals surface area contributed by atoms with Crippen molar-refractivity contribution in [2.75, 3.05) is 25.1 Å². The maximum Gasteiger partial charge on any atom is 0.573 e. The second-order valence-electron chi connectivity index (χ2n) is 7.02. The first kappa shape index (κ1) is 21.4. The summed E-state index contributed by atoms with van der Waals surface area (Å²) in [5.41, 5.74) is 1.68. The van der Waals surface area contributed by atoms with E-state index in [1.54, 1.807) is 53.5 Å². The van der Waals surface area contributed by atoms with Gasteiger partial charge in [-0.2, -0.15) is 0 Å². The van der Waals surface area contributed by atoms with Crippen LogP contribution in [0, 0.1) is 0 Å². The van der Waals surface area contributed by atoms with Gasteiger partial charge in [-0.1, -0.05) is 0 Å². The summed E-state index contributed by atoms with van der Waals surface area (Å²) in [6.07, 6.45) is -1.51. The van der Waals surface area contributed by atoms with E-state index >= 15 is 0 Å². The van der Waals surface area contributed by atoms with E-state index in [0.717, 1.165) is 0 Å². The SMILES string of the molecule is CN(c1ccc(OC(F)(F)F)cc1)c1ccc2c(c1)C(=O)N(Cc1ncccn1)CCO2. The normalized spacial score (nSPS) is 13.8. The number of ether oxygens (including phenoxy) is 2. The number of fused-ring (bicyclic) bond motifs is 1. The Hall–Kier alpha value is -3.82. The Morgan fingerprint density at radius 1 is 1.09 bits per heavy atom. The van der Waals surface area contributed by atoms with Crippen LogP contribution in [0.2, 0.25) is 0 Å². The summed E-state index contributed by atoms with van der Waals surface area (Å²) in [7, 11) is 1.75. The van der Waals surface area contributed by atoms with Gasteiger partial charge < -0.3 is 19.3 Å². The molecule has 1 amide bonds. The Morgan fingerprint density at radius 3 is 2.47 bits per heavy atom. The standard InChI is InChI=1S/C22H19F3N4O3/c1-28(15-3-6-17(7-4-15)32-22(23,24)25)16-5-8-19-18(13-16)21(30)29(11-12-31-19)14-20-26-9-2-10-27-20/h2-10,13H,11-12,14H2,1H3. The van der Waals surface area contributed by atoms with E-state index in [2.05, 4.69) is 14.7 Å². The molecule has 0 unspecified atom stereocenters. The Balaban J connectivity index is 1.56. The molecule has 0 N–H and O–H groups in total. The molecule has 0 bridgehead atoms. The van der Waals surface area contributed by atoms with Gasteiger partial charge >= 0.3 is 6.36 Å². The fourth-order valence-corrected chi connectivity index (χ4v) is 3.31. The van der Waals surface area contributed by atoms with Crippen LogP contribution in [0.1, 0.15) is 16.2 Å². The van der Waals surface area contributed by atoms with Gasteiger partial charge in [0, 0.05) is 30.8 Å². The zero-order chi connectivity index (χ0) is 22.7. The van der Waals surface area contributed by atoms with Gasteiger partial charge in [0.05, 0.1) is 18.7 Å². The molecular formula is C22H19F3N4O3. The summed E-state index contributed by atoms with van der Waals surface area (Å²) in [6.45, 7) is 0.974. The molecule has 166 valence electrons. The number of rotatable bonds is 5. The second kappa shape index (κ2) is 8.74. The first-order chi connectivity index (χ1) is 15.3. The number of hydrogen-bond acceptors (Lipinski definition) is 6. The van der Waals surface area contributed by atoms with Crippen molar-refractivity contribution in [3.63, 3.8) is 0 Å². The van der Waals surface area contributed by atoms with Crippen molar-refractivity contribution in [3.05, 3.63) is 72.3 Å². The van der Waals surface area contributed by atoms with Crippen molar-refractivity contribution in [2.45, 2.75) is 12.9 Å². The van der Waals surface area contributed by atoms with E-state index in [9.17, 15) is 18.0 Å². The van der Waals surface area contributed by atoms with E-state index in [-0.39, 0.29) is 18.2 Å². The monoisotopic (exact) mass is 444 g/mol. The highest BCUT2D eigenvalue weighted by Gasteiger charge is 2.31. The average Bonchev–Trinajstić information content (AvgIpc) is 2.92. The zero-order valence-electron chi connectivity index (χ0n) is 17.0. The van der Waals surface area contributed by atoms with Crippen LogP contribution in [0.25, 0.3) is 0 Å². The maximum atomic E-state index is 13.2. The summed E-state index contributed by atoms with van der Waals surface area (Å²) < 4.78 is 46.8. The van der Waals surface area contributed by atoms with Crippen molar-refractivity contribution in [1.29, 1.82) is 0 Å². The van der Waals surface area contributed by atoms with Crippen molar-refractivity contribution >= 4 is 17.3 Å². The minimum atomic E-state index is -4.75. The van der Waals surface area contributed by atoms with Crippen LogP contribution < -0.4 is 14.4 Å². The Labute approximate surface area is 182 Å². The topological polar surface area (TPSA) is 67.8 Å². The molecular weight excluding hydrogens is 425 g/mol. The molecule has 0 atom stereocenters. The van der Waals surface area contributed by atoms with Gasteiger partial charge in [0.15, 0.2) is 0 Å². The molecule has 2 heterocycles. The van der Waals surface area contributed by atoms with Crippen LogP contribution in [0.15, 0.2) is 60.9 Å². The van der Waals surface area contributed by atoms with E-state index in [0.29, 0.717) is 41.7 Å². The number of anilines is 2. The Bertz CT molecular complexity index is 1090. The molecule has 1 aliphatic heterocycles. The molecule has 0 saturated carbocycles. The summed E-state index contributed by atoms with van der Waals surface area (Å²) in [5, 5.41) is 0. The number of amides is 1. The first-order valence-corrected chi connectivity index (χ1v) is 9.72. The number of benzene rings is 2. The van der Waals surface area contributed by atoms with Gasteiger partial charge in [-0.05, 0) is 48.5 Å². The summed E-state index contributed by atoms with van der Waals surface area (Å²) in [6, 6.07) is 12.4. The number of carbonyl (C=O) groups is 1. The summed E-state index contributed by atoms with van der Waals surface area (Å²) in [4.78, 5) is 24.9. The molecule has 10 heteroatoms. The summed E-state index contributed by atoms with van der Waals surface area (Å²) >= 11 is 0. The lowest BCUT2D eigenvalue weighted by Crippen LogP contribution is -2.32. The minimum absolute atomic E-state index is 0.214. The van der Waals surface area contributed by atoms with Crippen molar-refractivity contribution in [1.82, 2.24) is 14.9 Å². The third-order valence-corrected chi connectivity index (χ3v) is 4.90. The van der Waals surface area contributed by atoms with Gasteiger partial charge in [-0.25, -0.2) is 9.97 Å². The zero-order valence-corrected chi connectivity index (χ0v) is 17.0.